The first kappa shape index (κ1) is 14.2. The Morgan fingerprint density at radius 2 is 2.22 bits per heavy atom. The first-order valence-corrected chi connectivity index (χ1v) is 7.61. The van der Waals surface area contributed by atoms with Crippen molar-refractivity contribution in [1.29, 1.82) is 0 Å². The number of aromatic nitrogens is 4. The van der Waals surface area contributed by atoms with Gasteiger partial charge in [0.1, 0.15) is 17.6 Å². The third-order valence-electron chi connectivity index (χ3n) is 4.05. The highest BCUT2D eigenvalue weighted by molar-refractivity contribution is 5.82. The van der Waals surface area contributed by atoms with Crippen LogP contribution in [0.1, 0.15) is 5.76 Å². The highest BCUT2D eigenvalue weighted by Gasteiger charge is 2.24. The first-order valence-electron chi connectivity index (χ1n) is 7.61. The molecule has 1 aliphatic rings. The van der Waals surface area contributed by atoms with E-state index in [-0.39, 0.29) is 0 Å². The van der Waals surface area contributed by atoms with Crippen LogP contribution in [0.4, 0.5) is 5.82 Å². The van der Waals surface area contributed by atoms with E-state index in [1.54, 1.807) is 12.6 Å². The smallest absolute Gasteiger partial charge is 0.182 e. The van der Waals surface area contributed by atoms with Gasteiger partial charge in [-0.1, -0.05) is 0 Å². The number of H-pyrrole nitrogens is 1. The summed E-state index contributed by atoms with van der Waals surface area (Å²) in [6.45, 7) is 3.41. The van der Waals surface area contributed by atoms with Gasteiger partial charge in [0.05, 0.1) is 25.2 Å². The van der Waals surface area contributed by atoms with E-state index in [0.717, 1.165) is 30.2 Å². The molecule has 0 saturated carbocycles. The van der Waals surface area contributed by atoms with Crippen molar-refractivity contribution in [3.05, 3.63) is 36.8 Å². The van der Waals surface area contributed by atoms with E-state index < -0.39 is 6.10 Å². The lowest BCUT2D eigenvalue weighted by molar-refractivity contribution is 0.125. The van der Waals surface area contributed by atoms with E-state index in [2.05, 4.69) is 29.7 Å². The predicted octanol–water partition coefficient (Wildman–Crippen LogP) is 0.629. The molecule has 3 aromatic rings. The van der Waals surface area contributed by atoms with Gasteiger partial charge < -0.3 is 19.4 Å². The van der Waals surface area contributed by atoms with Crippen molar-refractivity contribution in [2.45, 2.75) is 12.6 Å². The standard InChI is InChI=1S/C15H18N6O2/c22-11-6-20(8-12-2-1-5-23-12)3-4-21(7-11)15-13-14(17-9-16-13)18-10-19-15/h1-2,5,9-11,22H,3-4,6-8H2,(H,16,17,18,19). The highest BCUT2D eigenvalue weighted by atomic mass is 16.3. The Hall–Kier alpha value is -2.45. The van der Waals surface area contributed by atoms with Gasteiger partial charge >= 0.3 is 0 Å². The zero-order valence-corrected chi connectivity index (χ0v) is 12.6. The van der Waals surface area contributed by atoms with Crippen LogP contribution in [0.5, 0.6) is 0 Å². The number of furan rings is 1. The lowest BCUT2D eigenvalue weighted by atomic mass is 10.3. The molecular formula is C15H18N6O2. The molecule has 1 fully saturated rings. The number of rotatable bonds is 3. The number of β-amino-alcohol motifs (C(OH)–C–C–N with tert-alkyl or cyclic N) is 1. The van der Waals surface area contributed by atoms with Gasteiger partial charge in [-0.25, -0.2) is 15.0 Å². The van der Waals surface area contributed by atoms with Crippen LogP contribution in [-0.2, 0) is 6.54 Å². The summed E-state index contributed by atoms with van der Waals surface area (Å²) in [6.07, 6.45) is 4.34. The molecule has 4 heterocycles. The van der Waals surface area contributed by atoms with Crippen molar-refractivity contribution in [3.8, 4) is 0 Å². The van der Waals surface area contributed by atoms with E-state index in [1.165, 1.54) is 6.33 Å². The minimum absolute atomic E-state index is 0.458. The quantitative estimate of drug-likeness (QED) is 0.732. The largest absolute Gasteiger partial charge is 0.468 e. The van der Waals surface area contributed by atoms with E-state index in [0.29, 0.717) is 25.3 Å². The molecule has 0 bridgehead atoms. The highest BCUT2D eigenvalue weighted by Crippen LogP contribution is 2.21. The third kappa shape index (κ3) is 2.90. The normalized spacial score (nSPS) is 20.0. The molecule has 0 spiro atoms. The van der Waals surface area contributed by atoms with E-state index >= 15 is 0 Å². The molecular weight excluding hydrogens is 296 g/mol. The fourth-order valence-corrected chi connectivity index (χ4v) is 3.01. The number of aliphatic hydroxyl groups excluding tert-OH is 1. The molecule has 0 amide bonds. The SMILES string of the molecule is OC1CN(Cc2ccco2)CCN(c2ncnc3nc[nH]c23)C1. The van der Waals surface area contributed by atoms with Crippen LogP contribution < -0.4 is 4.90 Å². The van der Waals surface area contributed by atoms with Gasteiger partial charge in [-0.2, -0.15) is 0 Å². The zero-order valence-electron chi connectivity index (χ0n) is 12.6. The van der Waals surface area contributed by atoms with Crippen molar-refractivity contribution < 1.29 is 9.52 Å². The predicted molar refractivity (Wildman–Crippen MR) is 83.9 cm³/mol. The summed E-state index contributed by atoms with van der Waals surface area (Å²) >= 11 is 0. The van der Waals surface area contributed by atoms with Crippen molar-refractivity contribution in [3.63, 3.8) is 0 Å². The van der Waals surface area contributed by atoms with Gasteiger partial charge in [-0.05, 0) is 12.1 Å². The van der Waals surface area contributed by atoms with Gasteiger partial charge in [-0.15, -0.1) is 0 Å². The van der Waals surface area contributed by atoms with Gasteiger partial charge in [0.25, 0.3) is 0 Å². The minimum Gasteiger partial charge on any atom is -0.468 e. The third-order valence-corrected chi connectivity index (χ3v) is 4.05. The van der Waals surface area contributed by atoms with Crippen LogP contribution in [-0.4, -0.2) is 62.2 Å². The van der Waals surface area contributed by atoms with Crippen molar-refractivity contribution in [2.75, 3.05) is 31.1 Å². The van der Waals surface area contributed by atoms with Gasteiger partial charge in [0.2, 0.25) is 0 Å². The lowest BCUT2D eigenvalue weighted by Gasteiger charge is -2.22. The molecule has 4 rings (SSSR count). The van der Waals surface area contributed by atoms with Crippen LogP contribution in [0.3, 0.4) is 0 Å². The fraction of sp³-hybridized carbons (Fsp3) is 0.400. The number of anilines is 1. The maximum absolute atomic E-state index is 10.4. The zero-order chi connectivity index (χ0) is 15.6. The average molecular weight is 314 g/mol. The molecule has 0 aliphatic carbocycles. The Morgan fingerprint density at radius 1 is 1.26 bits per heavy atom. The van der Waals surface area contributed by atoms with Gasteiger partial charge in [0, 0.05) is 26.2 Å². The molecule has 23 heavy (non-hydrogen) atoms. The second-order valence-electron chi connectivity index (χ2n) is 5.71. The number of hydrogen-bond acceptors (Lipinski definition) is 7. The van der Waals surface area contributed by atoms with E-state index in [9.17, 15) is 5.11 Å². The maximum atomic E-state index is 10.4. The fourth-order valence-electron chi connectivity index (χ4n) is 3.01. The summed E-state index contributed by atoms with van der Waals surface area (Å²) in [5.74, 6) is 1.69. The number of imidazole rings is 1. The van der Waals surface area contributed by atoms with Crippen LogP contribution >= 0.6 is 0 Å². The summed E-state index contributed by atoms with van der Waals surface area (Å²) < 4.78 is 5.40. The Kier molecular flexibility index (Phi) is 3.68. The summed E-state index contributed by atoms with van der Waals surface area (Å²) in [7, 11) is 0. The molecule has 1 saturated heterocycles. The van der Waals surface area contributed by atoms with Crippen molar-refractivity contribution in [1.82, 2.24) is 24.8 Å². The van der Waals surface area contributed by atoms with Crippen LogP contribution in [0.2, 0.25) is 0 Å². The summed E-state index contributed by atoms with van der Waals surface area (Å²) in [5, 5.41) is 10.4. The van der Waals surface area contributed by atoms with Crippen LogP contribution in [0.25, 0.3) is 11.2 Å². The maximum Gasteiger partial charge on any atom is 0.182 e. The van der Waals surface area contributed by atoms with E-state index in [4.69, 9.17) is 4.42 Å². The number of aliphatic hydroxyl groups is 1. The molecule has 2 N–H and O–H groups in total. The Balaban J connectivity index is 1.54. The molecule has 0 radical (unpaired) electrons. The summed E-state index contributed by atoms with van der Waals surface area (Å²) in [6, 6.07) is 3.83. The summed E-state index contributed by atoms with van der Waals surface area (Å²) in [5.41, 5.74) is 1.44. The number of hydrogen-bond donors (Lipinski definition) is 2. The number of nitrogens with zero attached hydrogens (tertiary/aromatic N) is 5. The topological polar surface area (TPSA) is 94.3 Å². The molecule has 0 aromatic carbocycles. The molecule has 1 aliphatic heterocycles. The molecule has 8 heteroatoms. The minimum atomic E-state index is -0.458. The summed E-state index contributed by atoms with van der Waals surface area (Å²) in [4.78, 5) is 20.0. The molecule has 1 unspecified atom stereocenters. The van der Waals surface area contributed by atoms with Crippen LogP contribution in [0, 0.1) is 0 Å². The first-order chi connectivity index (χ1) is 11.3. The number of aromatic amines is 1. The Labute approximate surface area is 132 Å². The van der Waals surface area contributed by atoms with E-state index in [1.807, 2.05) is 12.1 Å². The lowest BCUT2D eigenvalue weighted by Crippen LogP contribution is -2.33. The molecule has 1 atom stereocenters. The Morgan fingerprint density at radius 3 is 3.09 bits per heavy atom. The molecule has 8 nitrogen and oxygen atoms in total. The van der Waals surface area contributed by atoms with Crippen molar-refractivity contribution in [2.24, 2.45) is 0 Å². The molecule has 120 valence electrons. The van der Waals surface area contributed by atoms with Crippen molar-refractivity contribution >= 4 is 17.0 Å². The monoisotopic (exact) mass is 314 g/mol. The molecule has 3 aromatic heterocycles. The Bertz CT molecular complexity index is 771. The van der Waals surface area contributed by atoms with Gasteiger partial charge in [-0.3, -0.25) is 4.90 Å². The second kappa shape index (κ2) is 5.98. The van der Waals surface area contributed by atoms with Crippen LogP contribution in [0.15, 0.2) is 35.5 Å². The number of fused-ring (bicyclic) bond motifs is 1. The number of nitrogens with one attached hydrogen (secondary N) is 1. The van der Waals surface area contributed by atoms with Gasteiger partial charge in [0.15, 0.2) is 11.5 Å². The second-order valence-corrected chi connectivity index (χ2v) is 5.71. The average Bonchev–Trinajstić information content (AvgIpc) is 3.18.